The quantitative estimate of drug-likeness (QED) is 0.364. The summed E-state index contributed by atoms with van der Waals surface area (Å²) in [5.74, 6) is -3.73. The van der Waals surface area contributed by atoms with Gasteiger partial charge in [-0.1, -0.05) is 88.7 Å². The number of aliphatic hydroxyl groups is 1. The molecule has 0 radical (unpaired) electrons. The van der Waals surface area contributed by atoms with Crippen LogP contribution in [0.5, 0.6) is 0 Å². The molecule has 0 unspecified atom stereocenters. The van der Waals surface area contributed by atoms with Crippen molar-refractivity contribution in [2.45, 2.75) is 69.0 Å². The molecule has 1 spiro atoms. The fourth-order valence-corrected chi connectivity index (χ4v) is 8.10. The molecule has 2 fully saturated rings. The zero-order valence-corrected chi connectivity index (χ0v) is 28.3. The molecule has 5 bridgehead atoms. The largest absolute Gasteiger partial charge is 0.463 e. The zero-order valence-electron chi connectivity index (χ0n) is 26.7. The molecule has 2 N–H and O–H groups in total. The van der Waals surface area contributed by atoms with E-state index in [4.69, 9.17) is 9.47 Å². The van der Waals surface area contributed by atoms with Gasteiger partial charge in [0.1, 0.15) is 24.4 Å². The van der Waals surface area contributed by atoms with E-state index in [1.165, 1.54) is 4.90 Å². The number of cyclic esters (lactones) is 1. The van der Waals surface area contributed by atoms with E-state index in [-0.39, 0.29) is 25.5 Å². The minimum Gasteiger partial charge on any atom is -0.463 e. The van der Waals surface area contributed by atoms with Gasteiger partial charge in [-0.2, -0.15) is 0 Å². The first-order valence-corrected chi connectivity index (χ1v) is 16.8. The maximum Gasteiger partial charge on any atom is 0.306 e. The number of nitrogens with one attached hydrogen (secondary N) is 1. The third-order valence-corrected chi connectivity index (χ3v) is 10.2. The second kappa shape index (κ2) is 13.0. The second-order valence-electron chi connectivity index (χ2n) is 13.5. The number of hydrogen-bond donors (Lipinski definition) is 2. The van der Waals surface area contributed by atoms with E-state index < -0.39 is 71.6 Å². The number of halogens is 1. The SMILES string of the molecule is CC(C)(C)N1C/C=C\CCC(=O)OC[C@@H](c2ccccc2)NC(=O)[C@@H]2[C@H]3O[C@@]4(C=C3Br)[C@H](C1=O)N([C@H](CO)c1ccccc1)C(=O)[C@@H]24. The molecule has 4 aliphatic rings. The van der Waals surface area contributed by atoms with E-state index in [2.05, 4.69) is 21.2 Å². The normalized spacial score (nSPS) is 31.3. The molecule has 0 saturated carbocycles. The number of allylic oxidation sites excluding steroid dienone is 1. The van der Waals surface area contributed by atoms with E-state index in [1.807, 2.05) is 93.6 Å². The summed E-state index contributed by atoms with van der Waals surface area (Å²) in [6, 6.07) is 15.6. The number of fused-ring (bicyclic) bond motifs is 2. The van der Waals surface area contributed by atoms with Crippen LogP contribution in [0.3, 0.4) is 0 Å². The summed E-state index contributed by atoms with van der Waals surface area (Å²) in [6.45, 7) is 5.41. The van der Waals surface area contributed by atoms with Crippen molar-refractivity contribution < 1.29 is 33.8 Å². The van der Waals surface area contributed by atoms with E-state index >= 15 is 0 Å². The van der Waals surface area contributed by atoms with Gasteiger partial charge in [0.15, 0.2) is 0 Å². The first kappa shape index (κ1) is 33.1. The smallest absolute Gasteiger partial charge is 0.306 e. The summed E-state index contributed by atoms with van der Waals surface area (Å²) in [5.41, 5.74) is -0.757. The molecule has 0 aliphatic carbocycles. The lowest BCUT2D eigenvalue weighted by atomic mass is 9.73. The first-order chi connectivity index (χ1) is 22.5. The van der Waals surface area contributed by atoms with E-state index in [0.29, 0.717) is 16.5 Å². The Balaban J connectivity index is 1.50. The molecule has 11 heteroatoms. The monoisotopic (exact) mass is 705 g/mol. The van der Waals surface area contributed by atoms with Crippen molar-refractivity contribution in [3.63, 3.8) is 0 Å². The summed E-state index contributed by atoms with van der Waals surface area (Å²) in [6.07, 6.45) is 5.17. The van der Waals surface area contributed by atoms with Gasteiger partial charge in [-0.15, -0.1) is 0 Å². The Hall–Kier alpha value is -3.80. The average molecular weight is 707 g/mol. The lowest BCUT2D eigenvalue weighted by Crippen LogP contribution is -2.60. The number of aliphatic hydroxyl groups excluding tert-OH is 1. The minimum absolute atomic E-state index is 0.0943. The predicted molar refractivity (Wildman–Crippen MR) is 177 cm³/mol. The van der Waals surface area contributed by atoms with Gasteiger partial charge in [-0.25, -0.2) is 0 Å². The van der Waals surface area contributed by atoms with Gasteiger partial charge in [0.2, 0.25) is 17.7 Å². The van der Waals surface area contributed by atoms with Crippen molar-refractivity contribution in [1.82, 2.24) is 15.1 Å². The van der Waals surface area contributed by atoms with Crippen LogP contribution < -0.4 is 5.32 Å². The van der Waals surface area contributed by atoms with Crippen molar-refractivity contribution >= 4 is 39.6 Å². The summed E-state index contributed by atoms with van der Waals surface area (Å²) >= 11 is 3.61. The molecule has 7 atom stereocenters. The molecule has 0 aromatic heterocycles. The Labute approximate surface area is 282 Å². The predicted octanol–water partition coefficient (Wildman–Crippen LogP) is 3.97. The Bertz CT molecular complexity index is 1590. The molecular formula is C36H40BrN3O7. The number of carbonyl (C=O) groups is 4. The van der Waals surface area contributed by atoms with Crippen LogP contribution >= 0.6 is 15.9 Å². The third-order valence-electron chi connectivity index (χ3n) is 9.57. The van der Waals surface area contributed by atoms with Gasteiger partial charge in [0, 0.05) is 23.0 Å². The Morgan fingerprint density at radius 3 is 2.34 bits per heavy atom. The van der Waals surface area contributed by atoms with Crippen molar-refractivity contribution in [1.29, 1.82) is 0 Å². The molecule has 4 aliphatic heterocycles. The Morgan fingerprint density at radius 2 is 1.68 bits per heavy atom. The van der Waals surface area contributed by atoms with Gasteiger partial charge in [-0.3, -0.25) is 19.2 Å². The third kappa shape index (κ3) is 5.93. The van der Waals surface area contributed by atoms with Crippen LogP contribution in [0.2, 0.25) is 0 Å². The summed E-state index contributed by atoms with van der Waals surface area (Å²) < 4.78 is 12.9. The molecule has 10 nitrogen and oxygen atoms in total. The number of nitrogens with zero attached hydrogens (tertiary/aromatic N) is 2. The van der Waals surface area contributed by atoms with Crippen LogP contribution in [0.25, 0.3) is 0 Å². The van der Waals surface area contributed by atoms with Crippen LogP contribution in [0, 0.1) is 11.8 Å². The lowest BCUT2D eigenvalue weighted by Gasteiger charge is -2.43. The lowest BCUT2D eigenvalue weighted by molar-refractivity contribution is -0.153. The molecular weight excluding hydrogens is 666 g/mol. The highest BCUT2D eigenvalue weighted by Crippen LogP contribution is 2.60. The van der Waals surface area contributed by atoms with Crippen molar-refractivity contribution in [3.8, 4) is 0 Å². The Kier molecular flexibility index (Phi) is 9.17. The number of benzene rings is 2. The summed E-state index contributed by atoms with van der Waals surface area (Å²) in [5, 5.41) is 13.8. The number of rotatable bonds is 4. The van der Waals surface area contributed by atoms with Gasteiger partial charge < -0.3 is 29.7 Å². The van der Waals surface area contributed by atoms with E-state index in [9.17, 15) is 24.3 Å². The molecule has 2 aromatic carbocycles. The molecule has 6 rings (SSSR count). The first-order valence-electron chi connectivity index (χ1n) is 16.0. The van der Waals surface area contributed by atoms with Crippen LogP contribution in [-0.4, -0.2) is 81.6 Å². The van der Waals surface area contributed by atoms with Gasteiger partial charge >= 0.3 is 5.97 Å². The zero-order chi connectivity index (χ0) is 33.5. The van der Waals surface area contributed by atoms with Crippen LogP contribution in [0.1, 0.15) is 56.8 Å². The van der Waals surface area contributed by atoms with Crippen molar-refractivity contribution in [2.75, 3.05) is 19.8 Å². The van der Waals surface area contributed by atoms with Gasteiger partial charge in [0.25, 0.3) is 0 Å². The van der Waals surface area contributed by atoms with Crippen molar-refractivity contribution in [2.24, 2.45) is 11.8 Å². The summed E-state index contributed by atoms with van der Waals surface area (Å²) in [7, 11) is 0. The number of amides is 3. The maximum absolute atomic E-state index is 15.0. The number of likely N-dealkylation sites (tertiary alicyclic amines) is 1. The van der Waals surface area contributed by atoms with Crippen LogP contribution in [0.15, 0.2) is 83.4 Å². The molecule has 248 valence electrons. The van der Waals surface area contributed by atoms with Crippen LogP contribution in [-0.2, 0) is 28.7 Å². The topological polar surface area (TPSA) is 125 Å². The van der Waals surface area contributed by atoms with Gasteiger partial charge in [0.05, 0.1) is 30.5 Å². The minimum atomic E-state index is -1.47. The standard InChI is InChI=1S/C36H40BrN3O7/c1-35(2,3)39-18-12-6-11-17-27(42)46-21-25(22-13-7-4-8-14-22)38-32(43)28-29-33(44)40(26(20-41)23-15-9-5-10-16-23)31(34(39)45)36(29)19-24(37)30(28)47-36/h4-10,12-16,19,25-26,28-31,41H,11,17-18,20-21H2,1-3H3,(H,38,43)/b12-6-/t25-,26+,28-,29+,30-,31-,36+/m0/s1. The molecule has 2 saturated heterocycles. The number of esters is 1. The Morgan fingerprint density at radius 1 is 1.00 bits per heavy atom. The highest BCUT2D eigenvalue weighted by Gasteiger charge is 2.75. The average Bonchev–Trinajstić information content (AvgIpc) is 3.64. The fraction of sp³-hybridized carbons (Fsp3) is 0.444. The molecule has 47 heavy (non-hydrogen) atoms. The highest BCUT2D eigenvalue weighted by atomic mass is 79.9. The maximum atomic E-state index is 15.0. The summed E-state index contributed by atoms with van der Waals surface area (Å²) in [4.78, 5) is 60.0. The van der Waals surface area contributed by atoms with Crippen molar-refractivity contribution in [3.05, 3.63) is 94.5 Å². The van der Waals surface area contributed by atoms with Crippen LogP contribution in [0.4, 0.5) is 0 Å². The number of carbonyl (C=O) groups excluding carboxylic acids is 4. The highest BCUT2D eigenvalue weighted by molar-refractivity contribution is 9.11. The fourth-order valence-electron chi connectivity index (χ4n) is 7.36. The second-order valence-corrected chi connectivity index (χ2v) is 14.4. The number of hydrogen-bond acceptors (Lipinski definition) is 7. The molecule has 2 aromatic rings. The van der Waals surface area contributed by atoms with E-state index in [0.717, 1.165) is 5.56 Å². The van der Waals surface area contributed by atoms with E-state index in [1.54, 1.807) is 11.0 Å². The molecule has 4 heterocycles. The number of ether oxygens (including phenoxy) is 2. The molecule has 3 amide bonds. The van der Waals surface area contributed by atoms with Gasteiger partial charge in [-0.05, 0) is 44.4 Å².